The third-order valence-electron chi connectivity index (χ3n) is 2.37. The van der Waals surface area contributed by atoms with Crippen molar-refractivity contribution in [2.45, 2.75) is 6.92 Å². The normalized spacial score (nSPS) is 10.1. The number of carboxylic acid groups (broad SMARTS) is 1. The van der Waals surface area contributed by atoms with E-state index in [1.807, 2.05) is 31.2 Å². The minimum atomic E-state index is -1.05. The van der Waals surface area contributed by atoms with Crippen molar-refractivity contribution < 1.29 is 9.90 Å². The maximum absolute atomic E-state index is 11.1. The molecule has 2 rings (SSSR count). The molecule has 1 aromatic carbocycles. The summed E-state index contributed by atoms with van der Waals surface area (Å²) in [7, 11) is 0. The Labute approximate surface area is 109 Å². The van der Waals surface area contributed by atoms with Gasteiger partial charge in [-0.25, -0.2) is 9.78 Å². The second-order valence-corrected chi connectivity index (χ2v) is 4.22. The number of aromatic carboxylic acids is 1. The zero-order chi connectivity index (χ0) is 13.1. The minimum absolute atomic E-state index is 0.0842. The van der Waals surface area contributed by atoms with Crippen LogP contribution in [0.4, 0.5) is 11.5 Å². The lowest BCUT2D eigenvalue weighted by Crippen LogP contribution is -2.05. The van der Waals surface area contributed by atoms with E-state index in [0.717, 1.165) is 11.3 Å². The molecule has 0 fully saturated rings. The Balaban J connectivity index is 2.39. The van der Waals surface area contributed by atoms with Crippen LogP contribution in [0.15, 0.2) is 36.4 Å². The van der Waals surface area contributed by atoms with Gasteiger partial charge in [-0.05, 0) is 36.8 Å². The van der Waals surface area contributed by atoms with Gasteiger partial charge in [-0.15, -0.1) is 0 Å². The highest BCUT2D eigenvalue weighted by Crippen LogP contribution is 2.21. The molecular weight excluding hydrogens is 252 g/mol. The molecule has 18 heavy (non-hydrogen) atoms. The molecule has 2 aromatic rings. The van der Waals surface area contributed by atoms with Gasteiger partial charge in [0, 0.05) is 5.69 Å². The van der Waals surface area contributed by atoms with E-state index in [1.54, 1.807) is 0 Å². The molecule has 1 heterocycles. The molecular formula is C13H11ClN2O2. The highest BCUT2D eigenvalue weighted by Gasteiger charge is 2.12. The predicted octanol–water partition coefficient (Wildman–Crippen LogP) is 3.49. The Hall–Kier alpha value is -2.07. The van der Waals surface area contributed by atoms with Crippen LogP contribution in [0.2, 0.25) is 5.15 Å². The number of rotatable bonds is 3. The zero-order valence-corrected chi connectivity index (χ0v) is 10.4. The monoisotopic (exact) mass is 262 g/mol. The number of pyridine rings is 1. The van der Waals surface area contributed by atoms with Crippen molar-refractivity contribution in [1.82, 2.24) is 4.98 Å². The number of nitrogens with zero attached hydrogens (tertiary/aromatic N) is 1. The van der Waals surface area contributed by atoms with Crippen molar-refractivity contribution >= 4 is 29.1 Å². The third kappa shape index (κ3) is 2.78. The molecule has 0 saturated heterocycles. The van der Waals surface area contributed by atoms with Crippen LogP contribution in [0, 0.1) is 6.92 Å². The molecule has 0 radical (unpaired) electrons. The number of halogens is 1. The van der Waals surface area contributed by atoms with Crippen molar-refractivity contribution in [3.8, 4) is 0 Å². The van der Waals surface area contributed by atoms with Gasteiger partial charge >= 0.3 is 5.97 Å². The van der Waals surface area contributed by atoms with E-state index in [0.29, 0.717) is 0 Å². The first-order valence-electron chi connectivity index (χ1n) is 5.30. The molecule has 0 amide bonds. The molecule has 1 aromatic heterocycles. The molecule has 2 N–H and O–H groups in total. The van der Waals surface area contributed by atoms with Crippen LogP contribution in [0.5, 0.6) is 0 Å². The first kappa shape index (κ1) is 12.4. The van der Waals surface area contributed by atoms with Crippen LogP contribution in [0.1, 0.15) is 15.9 Å². The molecule has 0 aliphatic rings. The van der Waals surface area contributed by atoms with Crippen molar-refractivity contribution in [1.29, 1.82) is 0 Å². The lowest BCUT2D eigenvalue weighted by Gasteiger charge is -2.09. The van der Waals surface area contributed by atoms with Crippen LogP contribution in [-0.4, -0.2) is 16.1 Å². The van der Waals surface area contributed by atoms with Gasteiger partial charge in [0.25, 0.3) is 0 Å². The number of carboxylic acids is 1. The van der Waals surface area contributed by atoms with Crippen LogP contribution in [-0.2, 0) is 0 Å². The molecule has 0 atom stereocenters. The van der Waals surface area contributed by atoms with E-state index in [-0.39, 0.29) is 16.5 Å². The molecule has 0 aliphatic carbocycles. The van der Waals surface area contributed by atoms with Gasteiger partial charge in [0.1, 0.15) is 16.5 Å². The maximum atomic E-state index is 11.1. The average Bonchev–Trinajstić information content (AvgIpc) is 2.28. The number of aromatic nitrogens is 1. The summed E-state index contributed by atoms with van der Waals surface area (Å²) in [4.78, 5) is 15.1. The fraction of sp³-hybridized carbons (Fsp3) is 0.0769. The van der Waals surface area contributed by atoms with Gasteiger partial charge < -0.3 is 10.4 Å². The fourth-order valence-corrected chi connectivity index (χ4v) is 1.71. The SMILES string of the molecule is Cc1cccc(Nc2nc(Cl)ccc2C(=O)O)c1. The van der Waals surface area contributed by atoms with E-state index in [9.17, 15) is 4.79 Å². The van der Waals surface area contributed by atoms with Crippen molar-refractivity contribution in [3.05, 3.63) is 52.7 Å². The quantitative estimate of drug-likeness (QED) is 0.831. The Morgan fingerprint density at radius 3 is 2.78 bits per heavy atom. The Bertz CT molecular complexity index is 599. The molecule has 92 valence electrons. The highest BCUT2D eigenvalue weighted by molar-refractivity contribution is 6.29. The first-order valence-corrected chi connectivity index (χ1v) is 5.67. The molecule has 5 heteroatoms. The number of benzene rings is 1. The lowest BCUT2D eigenvalue weighted by atomic mass is 10.2. The molecule has 0 spiro atoms. The summed E-state index contributed by atoms with van der Waals surface area (Å²) < 4.78 is 0. The van der Waals surface area contributed by atoms with Crippen LogP contribution in [0.25, 0.3) is 0 Å². The summed E-state index contributed by atoms with van der Waals surface area (Å²) in [5.74, 6) is -0.810. The molecule has 0 unspecified atom stereocenters. The average molecular weight is 263 g/mol. The second-order valence-electron chi connectivity index (χ2n) is 3.83. The van der Waals surface area contributed by atoms with Crippen LogP contribution >= 0.6 is 11.6 Å². The van der Waals surface area contributed by atoms with Crippen molar-refractivity contribution in [3.63, 3.8) is 0 Å². The van der Waals surface area contributed by atoms with Crippen LogP contribution < -0.4 is 5.32 Å². The summed E-state index contributed by atoms with van der Waals surface area (Å²) in [6.07, 6.45) is 0. The topological polar surface area (TPSA) is 62.2 Å². The fourth-order valence-electron chi connectivity index (χ4n) is 1.56. The third-order valence-corrected chi connectivity index (χ3v) is 2.58. The van der Waals surface area contributed by atoms with Gasteiger partial charge in [0.05, 0.1) is 0 Å². The van der Waals surface area contributed by atoms with E-state index < -0.39 is 5.97 Å². The Morgan fingerprint density at radius 1 is 1.33 bits per heavy atom. The van der Waals surface area contributed by atoms with E-state index in [1.165, 1.54) is 12.1 Å². The van der Waals surface area contributed by atoms with E-state index in [2.05, 4.69) is 10.3 Å². The summed E-state index contributed by atoms with van der Waals surface area (Å²) in [6.45, 7) is 1.95. The number of nitrogens with one attached hydrogen (secondary N) is 1. The van der Waals surface area contributed by atoms with E-state index in [4.69, 9.17) is 16.7 Å². The molecule has 0 aliphatic heterocycles. The van der Waals surface area contributed by atoms with Gasteiger partial charge in [-0.2, -0.15) is 0 Å². The second kappa shape index (κ2) is 5.06. The maximum Gasteiger partial charge on any atom is 0.339 e. The Kier molecular flexibility index (Phi) is 3.48. The number of hydrogen-bond donors (Lipinski definition) is 2. The lowest BCUT2D eigenvalue weighted by molar-refractivity contribution is 0.0697. The highest BCUT2D eigenvalue weighted by atomic mass is 35.5. The molecule has 4 nitrogen and oxygen atoms in total. The minimum Gasteiger partial charge on any atom is -0.478 e. The Morgan fingerprint density at radius 2 is 2.11 bits per heavy atom. The summed E-state index contributed by atoms with van der Waals surface area (Å²) in [5.41, 5.74) is 1.92. The van der Waals surface area contributed by atoms with Gasteiger partial charge in [-0.3, -0.25) is 0 Å². The van der Waals surface area contributed by atoms with Crippen LogP contribution in [0.3, 0.4) is 0 Å². The van der Waals surface area contributed by atoms with Gasteiger partial charge in [0.2, 0.25) is 0 Å². The summed E-state index contributed by atoms with van der Waals surface area (Å²) in [6, 6.07) is 10.4. The first-order chi connectivity index (χ1) is 8.56. The van der Waals surface area contributed by atoms with Crippen molar-refractivity contribution in [2.24, 2.45) is 0 Å². The molecule has 0 bridgehead atoms. The summed E-state index contributed by atoms with van der Waals surface area (Å²) >= 11 is 5.77. The zero-order valence-electron chi connectivity index (χ0n) is 9.64. The largest absolute Gasteiger partial charge is 0.478 e. The van der Waals surface area contributed by atoms with Crippen molar-refractivity contribution in [2.75, 3.05) is 5.32 Å². The number of aryl methyl sites for hydroxylation is 1. The smallest absolute Gasteiger partial charge is 0.339 e. The number of hydrogen-bond acceptors (Lipinski definition) is 3. The van der Waals surface area contributed by atoms with Gasteiger partial charge in [0.15, 0.2) is 0 Å². The number of anilines is 2. The number of carbonyl (C=O) groups is 1. The van der Waals surface area contributed by atoms with Gasteiger partial charge in [-0.1, -0.05) is 23.7 Å². The standard InChI is InChI=1S/C13H11ClN2O2/c1-8-3-2-4-9(7-8)15-12-10(13(17)18)5-6-11(14)16-12/h2-7H,1H3,(H,15,16)(H,17,18). The summed E-state index contributed by atoms with van der Waals surface area (Å²) in [5, 5.41) is 12.3. The van der Waals surface area contributed by atoms with E-state index >= 15 is 0 Å². The predicted molar refractivity (Wildman–Crippen MR) is 70.7 cm³/mol. The molecule has 0 saturated carbocycles.